The van der Waals surface area contributed by atoms with Crippen molar-refractivity contribution >= 4 is 27.3 Å². The quantitative estimate of drug-likeness (QED) is 0.882. The number of hydrogen-bond donors (Lipinski definition) is 1. The Morgan fingerprint density at radius 3 is 2.25 bits per heavy atom. The number of carbonyl (C=O) groups excluding carboxylic acids is 1. The second kappa shape index (κ2) is 5.25. The van der Waals surface area contributed by atoms with Crippen LogP contribution in [0.4, 0.5) is 13.2 Å². The van der Waals surface area contributed by atoms with Crippen LogP contribution in [0.5, 0.6) is 0 Å². The Balaban J connectivity index is 2.30. The molecule has 1 heterocycles. The second-order valence-corrected chi connectivity index (χ2v) is 6.48. The average Bonchev–Trinajstić information content (AvgIpc) is 2.89. The molecule has 0 unspecified atom stereocenters. The predicted octanol–water partition coefficient (Wildman–Crippen LogP) is 2.28. The van der Waals surface area contributed by atoms with E-state index in [0.717, 1.165) is 11.3 Å². The zero-order valence-corrected chi connectivity index (χ0v) is 11.2. The van der Waals surface area contributed by atoms with Crippen LogP contribution in [0.2, 0.25) is 0 Å². The molecule has 1 aromatic heterocycles. The minimum Gasteiger partial charge on any atom is -0.268 e. The lowest BCUT2D eigenvalue weighted by Crippen LogP contribution is -2.30. The Labute approximate surface area is 115 Å². The Bertz CT molecular complexity index is 734. The highest BCUT2D eigenvalue weighted by atomic mass is 32.2. The van der Waals surface area contributed by atoms with Crippen LogP contribution in [0, 0.1) is 17.5 Å². The first kappa shape index (κ1) is 14.5. The fraction of sp³-hybridized carbons (Fsp3) is 0. The fourth-order valence-electron chi connectivity index (χ4n) is 1.33. The molecule has 1 aromatic carbocycles. The number of sulfonamides is 1. The van der Waals surface area contributed by atoms with Gasteiger partial charge in [0.05, 0.1) is 0 Å². The van der Waals surface area contributed by atoms with Crippen LogP contribution < -0.4 is 4.72 Å². The highest BCUT2D eigenvalue weighted by Gasteiger charge is 2.21. The molecule has 1 amide bonds. The van der Waals surface area contributed by atoms with Gasteiger partial charge >= 0.3 is 0 Å². The molecule has 20 heavy (non-hydrogen) atoms. The first-order valence-electron chi connectivity index (χ1n) is 5.06. The van der Waals surface area contributed by atoms with E-state index in [2.05, 4.69) is 0 Å². The number of halogens is 3. The van der Waals surface area contributed by atoms with Gasteiger partial charge in [0, 0.05) is 5.56 Å². The molecule has 0 aliphatic carbocycles. The summed E-state index contributed by atoms with van der Waals surface area (Å²) in [5.74, 6) is -6.15. The van der Waals surface area contributed by atoms with E-state index in [1.165, 1.54) is 17.5 Å². The van der Waals surface area contributed by atoms with Crippen LogP contribution in [-0.2, 0) is 10.0 Å². The first-order chi connectivity index (χ1) is 9.31. The van der Waals surface area contributed by atoms with Gasteiger partial charge < -0.3 is 0 Å². The van der Waals surface area contributed by atoms with Crippen LogP contribution in [0.1, 0.15) is 10.4 Å². The molecule has 4 nitrogen and oxygen atoms in total. The minimum absolute atomic E-state index is 0.131. The summed E-state index contributed by atoms with van der Waals surface area (Å²) in [6.07, 6.45) is 0. The average molecular weight is 321 g/mol. The van der Waals surface area contributed by atoms with Gasteiger partial charge in [-0.15, -0.1) is 11.3 Å². The van der Waals surface area contributed by atoms with Crippen molar-refractivity contribution in [1.29, 1.82) is 0 Å². The number of nitrogens with one attached hydrogen (secondary N) is 1. The summed E-state index contributed by atoms with van der Waals surface area (Å²) >= 11 is 0.865. The Morgan fingerprint density at radius 1 is 1.15 bits per heavy atom. The number of benzene rings is 1. The van der Waals surface area contributed by atoms with Gasteiger partial charge in [-0.05, 0) is 23.6 Å². The molecule has 2 rings (SSSR count). The summed E-state index contributed by atoms with van der Waals surface area (Å²) < 4.78 is 63.6. The molecule has 0 saturated heterocycles. The molecule has 0 bridgehead atoms. The summed E-state index contributed by atoms with van der Waals surface area (Å²) in [4.78, 5) is 11.6. The van der Waals surface area contributed by atoms with E-state index in [1.54, 1.807) is 4.72 Å². The number of rotatable bonds is 3. The normalized spacial score (nSPS) is 11.3. The second-order valence-electron chi connectivity index (χ2n) is 3.62. The number of hydrogen-bond acceptors (Lipinski definition) is 4. The molecule has 0 aliphatic heterocycles. The van der Waals surface area contributed by atoms with Crippen molar-refractivity contribution in [3.05, 3.63) is 52.7 Å². The van der Waals surface area contributed by atoms with Crippen molar-refractivity contribution in [1.82, 2.24) is 4.72 Å². The highest BCUT2D eigenvalue weighted by Crippen LogP contribution is 2.17. The van der Waals surface area contributed by atoms with E-state index >= 15 is 0 Å². The Morgan fingerprint density at radius 2 is 1.75 bits per heavy atom. The molecule has 0 saturated carbocycles. The van der Waals surface area contributed by atoms with Crippen molar-refractivity contribution < 1.29 is 26.4 Å². The zero-order chi connectivity index (χ0) is 14.9. The van der Waals surface area contributed by atoms with Crippen molar-refractivity contribution in [2.75, 3.05) is 0 Å². The molecular formula is C11H6F3NO3S2. The van der Waals surface area contributed by atoms with Gasteiger partial charge in [-0.1, -0.05) is 6.07 Å². The van der Waals surface area contributed by atoms with Gasteiger partial charge in [0.25, 0.3) is 15.9 Å². The third-order valence-electron chi connectivity index (χ3n) is 2.23. The molecule has 1 N–H and O–H groups in total. The number of thiophene rings is 1. The monoisotopic (exact) mass is 321 g/mol. The topological polar surface area (TPSA) is 63.2 Å². The zero-order valence-electron chi connectivity index (χ0n) is 9.56. The Kier molecular flexibility index (Phi) is 3.82. The molecule has 106 valence electrons. The van der Waals surface area contributed by atoms with E-state index in [0.29, 0.717) is 12.1 Å². The van der Waals surface area contributed by atoms with Gasteiger partial charge in [0.2, 0.25) is 0 Å². The summed E-state index contributed by atoms with van der Waals surface area (Å²) in [5.41, 5.74) is -0.637. The molecule has 0 aliphatic rings. The van der Waals surface area contributed by atoms with Crippen LogP contribution in [0.3, 0.4) is 0 Å². The fourth-order valence-corrected chi connectivity index (χ4v) is 3.30. The minimum atomic E-state index is -4.12. The lowest BCUT2D eigenvalue weighted by Gasteiger charge is -2.05. The largest absolute Gasteiger partial charge is 0.273 e. The van der Waals surface area contributed by atoms with E-state index in [4.69, 9.17) is 0 Å². The van der Waals surface area contributed by atoms with E-state index in [1.807, 2.05) is 0 Å². The third-order valence-corrected chi connectivity index (χ3v) is 4.96. The van der Waals surface area contributed by atoms with Gasteiger partial charge in [-0.3, -0.25) is 4.79 Å². The molecule has 0 radical (unpaired) electrons. The Hall–Kier alpha value is -1.87. The lowest BCUT2D eigenvalue weighted by atomic mass is 10.2. The summed E-state index contributed by atoms with van der Waals surface area (Å²) in [6, 6.07) is 3.54. The molecule has 0 atom stereocenters. The molecular weight excluding hydrogens is 315 g/mol. The smallest absolute Gasteiger partial charge is 0.268 e. The van der Waals surface area contributed by atoms with Gasteiger partial charge in [0.1, 0.15) is 4.21 Å². The van der Waals surface area contributed by atoms with Crippen LogP contribution >= 0.6 is 11.3 Å². The van der Waals surface area contributed by atoms with E-state index in [9.17, 15) is 26.4 Å². The highest BCUT2D eigenvalue weighted by molar-refractivity contribution is 7.92. The molecule has 0 fully saturated rings. The first-order valence-corrected chi connectivity index (χ1v) is 7.43. The van der Waals surface area contributed by atoms with Crippen molar-refractivity contribution in [2.24, 2.45) is 0 Å². The molecule has 9 heteroatoms. The lowest BCUT2D eigenvalue weighted by molar-refractivity contribution is 0.0980. The maximum atomic E-state index is 13.0. The standard InChI is InChI=1S/C11H6F3NO3S2/c12-7-4-6(5-8(13)10(7)14)11(16)15-20(17,18)9-2-1-3-19-9/h1-5H,(H,15,16). The summed E-state index contributed by atoms with van der Waals surface area (Å²) in [7, 11) is -4.12. The molecule has 0 spiro atoms. The van der Waals surface area contributed by atoms with Gasteiger partial charge in [-0.2, -0.15) is 0 Å². The third kappa shape index (κ3) is 2.83. The maximum Gasteiger partial charge on any atom is 0.273 e. The van der Waals surface area contributed by atoms with E-state index in [-0.39, 0.29) is 4.21 Å². The predicted molar refractivity (Wildman–Crippen MR) is 65.3 cm³/mol. The van der Waals surface area contributed by atoms with Gasteiger partial charge in [-0.25, -0.2) is 26.3 Å². The van der Waals surface area contributed by atoms with Crippen molar-refractivity contribution in [3.63, 3.8) is 0 Å². The maximum absolute atomic E-state index is 13.0. The van der Waals surface area contributed by atoms with E-state index < -0.39 is 38.9 Å². The van der Waals surface area contributed by atoms with Crippen molar-refractivity contribution in [3.8, 4) is 0 Å². The number of amides is 1. The van der Waals surface area contributed by atoms with Crippen LogP contribution in [-0.4, -0.2) is 14.3 Å². The number of carbonyl (C=O) groups is 1. The van der Waals surface area contributed by atoms with Crippen LogP contribution in [0.15, 0.2) is 33.9 Å². The van der Waals surface area contributed by atoms with Crippen LogP contribution in [0.25, 0.3) is 0 Å². The van der Waals surface area contributed by atoms with Crippen molar-refractivity contribution in [2.45, 2.75) is 4.21 Å². The molecule has 2 aromatic rings. The van der Waals surface area contributed by atoms with Gasteiger partial charge in [0.15, 0.2) is 17.5 Å². The summed E-state index contributed by atoms with van der Waals surface area (Å²) in [5, 5.41) is 1.48. The summed E-state index contributed by atoms with van der Waals surface area (Å²) in [6.45, 7) is 0. The SMILES string of the molecule is O=C(NS(=O)(=O)c1cccs1)c1cc(F)c(F)c(F)c1.